The number of rotatable bonds is 4. The minimum atomic E-state index is -0.467. The molecule has 0 aliphatic rings. The van der Waals surface area contributed by atoms with E-state index in [9.17, 15) is 4.79 Å². The Morgan fingerprint density at radius 1 is 1.24 bits per heavy atom. The number of hydrogen-bond acceptors (Lipinski definition) is 4. The second-order valence-corrected chi connectivity index (χ2v) is 3.40. The van der Waals surface area contributed by atoms with Gasteiger partial charge in [-0.25, -0.2) is 4.79 Å². The summed E-state index contributed by atoms with van der Waals surface area (Å²) in [6.07, 6.45) is 1.43. The van der Waals surface area contributed by atoms with Crippen LogP contribution in [0.2, 0.25) is 0 Å². The van der Waals surface area contributed by atoms with Crippen molar-refractivity contribution in [3.8, 4) is 5.75 Å². The standard InChI is InChI=1S/C13H12O4/c1-15-11-6-4-10(5-7-11)9-17-13(14)12-3-2-8-16-12/h2-8H,9H2,1H3. The number of methoxy groups -OCH3 is 1. The third-order valence-electron chi connectivity index (χ3n) is 2.25. The highest BCUT2D eigenvalue weighted by atomic mass is 16.5. The summed E-state index contributed by atoms with van der Waals surface area (Å²) in [5.41, 5.74) is 0.894. The summed E-state index contributed by atoms with van der Waals surface area (Å²) >= 11 is 0. The Hall–Kier alpha value is -2.23. The van der Waals surface area contributed by atoms with Crippen LogP contribution in [-0.2, 0) is 11.3 Å². The van der Waals surface area contributed by atoms with Crippen molar-refractivity contribution in [1.29, 1.82) is 0 Å². The molecule has 1 heterocycles. The molecule has 0 unspecified atom stereocenters. The number of hydrogen-bond donors (Lipinski definition) is 0. The van der Waals surface area contributed by atoms with E-state index in [1.54, 1.807) is 19.2 Å². The normalized spacial score (nSPS) is 9.94. The van der Waals surface area contributed by atoms with Crippen LogP contribution in [0.3, 0.4) is 0 Å². The molecule has 0 bridgehead atoms. The van der Waals surface area contributed by atoms with Gasteiger partial charge in [0.15, 0.2) is 0 Å². The summed E-state index contributed by atoms with van der Waals surface area (Å²) in [6, 6.07) is 10.5. The number of ether oxygens (including phenoxy) is 2. The molecule has 0 saturated heterocycles. The van der Waals surface area contributed by atoms with Crippen molar-refractivity contribution < 1.29 is 18.7 Å². The van der Waals surface area contributed by atoms with E-state index in [2.05, 4.69) is 0 Å². The van der Waals surface area contributed by atoms with E-state index >= 15 is 0 Å². The van der Waals surface area contributed by atoms with E-state index in [4.69, 9.17) is 13.9 Å². The summed E-state index contributed by atoms with van der Waals surface area (Å²) in [4.78, 5) is 11.5. The molecule has 0 fully saturated rings. The van der Waals surface area contributed by atoms with Gasteiger partial charge in [0, 0.05) is 0 Å². The zero-order valence-electron chi connectivity index (χ0n) is 9.38. The van der Waals surface area contributed by atoms with Crippen LogP contribution < -0.4 is 4.74 Å². The van der Waals surface area contributed by atoms with E-state index in [0.717, 1.165) is 11.3 Å². The lowest BCUT2D eigenvalue weighted by Crippen LogP contribution is -2.03. The largest absolute Gasteiger partial charge is 0.497 e. The van der Waals surface area contributed by atoms with Crippen molar-refractivity contribution >= 4 is 5.97 Å². The zero-order chi connectivity index (χ0) is 12.1. The van der Waals surface area contributed by atoms with Crippen molar-refractivity contribution in [2.24, 2.45) is 0 Å². The molecule has 1 aromatic heterocycles. The van der Waals surface area contributed by atoms with Crippen LogP contribution in [0.25, 0.3) is 0 Å². The first-order valence-corrected chi connectivity index (χ1v) is 5.13. The van der Waals surface area contributed by atoms with Crippen LogP contribution in [0.4, 0.5) is 0 Å². The number of furan rings is 1. The third-order valence-corrected chi connectivity index (χ3v) is 2.25. The molecule has 0 radical (unpaired) electrons. The van der Waals surface area contributed by atoms with Gasteiger partial charge in [0.2, 0.25) is 5.76 Å². The highest BCUT2D eigenvalue weighted by Gasteiger charge is 2.09. The molecule has 1 aromatic carbocycles. The molecule has 17 heavy (non-hydrogen) atoms. The summed E-state index contributed by atoms with van der Waals surface area (Å²) in [7, 11) is 1.60. The van der Waals surface area contributed by atoms with Gasteiger partial charge in [-0.3, -0.25) is 0 Å². The van der Waals surface area contributed by atoms with Crippen LogP contribution in [0.1, 0.15) is 16.1 Å². The Bertz CT molecular complexity index is 471. The fourth-order valence-corrected chi connectivity index (χ4v) is 1.34. The Balaban J connectivity index is 1.91. The van der Waals surface area contributed by atoms with E-state index in [1.807, 2.05) is 24.3 Å². The minimum Gasteiger partial charge on any atom is -0.497 e. The predicted molar refractivity (Wildman–Crippen MR) is 60.8 cm³/mol. The zero-order valence-corrected chi connectivity index (χ0v) is 9.38. The lowest BCUT2D eigenvalue weighted by Gasteiger charge is -2.04. The highest BCUT2D eigenvalue weighted by Crippen LogP contribution is 2.12. The van der Waals surface area contributed by atoms with Gasteiger partial charge in [-0.2, -0.15) is 0 Å². The van der Waals surface area contributed by atoms with Crippen LogP contribution >= 0.6 is 0 Å². The van der Waals surface area contributed by atoms with E-state index < -0.39 is 5.97 Å². The summed E-state index contributed by atoms with van der Waals surface area (Å²) in [5.74, 6) is 0.510. The molecule has 0 aliphatic heterocycles. The fourth-order valence-electron chi connectivity index (χ4n) is 1.34. The first kappa shape index (κ1) is 11.3. The molecule has 88 valence electrons. The molecule has 0 N–H and O–H groups in total. The van der Waals surface area contributed by atoms with Crippen molar-refractivity contribution in [2.75, 3.05) is 7.11 Å². The Morgan fingerprint density at radius 2 is 2.00 bits per heavy atom. The molecule has 0 atom stereocenters. The number of esters is 1. The number of benzene rings is 1. The molecule has 0 saturated carbocycles. The molecule has 4 heteroatoms. The van der Waals surface area contributed by atoms with Crippen LogP contribution in [0.5, 0.6) is 5.75 Å². The number of carbonyl (C=O) groups excluding carboxylic acids is 1. The summed E-state index contributed by atoms with van der Waals surface area (Å²) < 4.78 is 15.0. The quantitative estimate of drug-likeness (QED) is 0.760. The lowest BCUT2D eigenvalue weighted by molar-refractivity contribution is 0.0436. The van der Waals surface area contributed by atoms with Gasteiger partial charge < -0.3 is 13.9 Å². The van der Waals surface area contributed by atoms with Gasteiger partial charge in [-0.05, 0) is 29.8 Å². The summed E-state index contributed by atoms with van der Waals surface area (Å²) in [6.45, 7) is 0.212. The van der Waals surface area contributed by atoms with Gasteiger partial charge in [-0.1, -0.05) is 12.1 Å². The monoisotopic (exact) mass is 232 g/mol. The van der Waals surface area contributed by atoms with Crippen LogP contribution in [0.15, 0.2) is 47.1 Å². The fraction of sp³-hybridized carbons (Fsp3) is 0.154. The van der Waals surface area contributed by atoms with Crippen molar-refractivity contribution in [3.63, 3.8) is 0 Å². The molecule has 4 nitrogen and oxygen atoms in total. The highest BCUT2D eigenvalue weighted by molar-refractivity contribution is 5.86. The Morgan fingerprint density at radius 3 is 2.59 bits per heavy atom. The average molecular weight is 232 g/mol. The maximum Gasteiger partial charge on any atom is 0.374 e. The molecule has 0 spiro atoms. The second kappa shape index (κ2) is 5.21. The molecular weight excluding hydrogens is 220 g/mol. The third kappa shape index (κ3) is 2.87. The van der Waals surface area contributed by atoms with E-state index in [0.29, 0.717) is 0 Å². The smallest absolute Gasteiger partial charge is 0.374 e. The topological polar surface area (TPSA) is 48.7 Å². The lowest BCUT2D eigenvalue weighted by atomic mass is 10.2. The first-order valence-electron chi connectivity index (χ1n) is 5.13. The van der Waals surface area contributed by atoms with Gasteiger partial charge >= 0.3 is 5.97 Å². The number of carbonyl (C=O) groups is 1. The SMILES string of the molecule is COc1ccc(COC(=O)c2ccco2)cc1. The van der Waals surface area contributed by atoms with Crippen LogP contribution in [-0.4, -0.2) is 13.1 Å². The van der Waals surface area contributed by atoms with E-state index in [1.165, 1.54) is 6.26 Å². The molecule has 2 rings (SSSR count). The van der Waals surface area contributed by atoms with Crippen LogP contribution in [0, 0.1) is 0 Å². The molecule has 2 aromatic rings. The van der Waals surface area contributed by atoms with Crippen molar-refractivity contribution in [3.05, 3.63) is 54.0 Å². The van der Waals surface area contributed by atoms with Crippen molar-refractivity contribution in [2.45, 2.75) is 6.61 Å². The molecule has 0 aliphatic carbocycles. The predicted octanol–water partition coefficient (Wildman–Crippen LogP) is 2.65. The summed E-state index contributed by atoms with van der Waals surface area (Å²) in [5, 5.41) is 0. The Labute approximate surface area is 98.8 Å². The maximum absolute atomic E-state index is 11.5. The van der Waals surface area contributed by atoms with Gasteiger partial charge in [-0.15, -0.1) is 0 Å². The first-order chi connectivity index (χ1) is 8.29. The molecular formula is C13H12O4. The van der Waals surface area contributed by atoms with E-state index in [-0.39, 0.29) is 12.4 Å². The Kier molecular flexibility index (Phi) is 3.45. The van der Waals surface area contributed by atoms with Crippen molar-refractivity contribution in [1.82, 2.24) is 0 Å². The molecule has 0 amide bonds. The minimum absolute atomic E-state index is 0.207. The second-order valence-electron chi connectivity index (χ2n) is 3.40. The van der Waals surface area contributed by atoms with Gasteiger partial charge in [0.1, 0.15) is 12.4 Å². The van der Waals surface area contributed by atoms with Gasteiger partial charge in [0.25, 0.3) is 0 Å². The average Bonchev–Trinajstić information content (AvgIpc) is 2.90. The maximum atomic E-state index is 11.5. The van der Waals surface area contributed by atoms with Gasteiger partial charge in [0.05, 0.1) is 13.4 Å².